The minimum Gasteiger partial charge on any atom is -0.461 e. The number of halogens is 1. The summed E-state index contributed by atoms with van der Waals surface area (Å²) in [7, 11) is 0. The average molecular weight is 396 g/mol. The molecule has 7 nitrogen and oxygen atoms in total. The van der Waals surface area contributed by atoms with E-state index in [0.717, 1.165) is 38.6 Å². The number of carbonyl (C=O) groups excluding carboxylic acids is 1. The van der Waals surface area contributed by atoms with Gasteiger partial charge in [0.05, 0.1) is 0 Å². The van der Waals surface area contributed by atoms with Gasteiger partial charge >= 0.3 is 5.97 Å². The van der Waals surface area contributed by atoms with Gasteiger partial charge in [0, 0.05) is 6.42 Å². The summed E-state index contributed by atoms with van der Waals surface area (Å²) in [6.07, 6.45) is 7.33. The second-order valence-electron chi connectivity index (χ2n) is 8.57. The molecule has 1 saturated carbocycles. The fourth-order valence-electron chi connectivity index (χ4n) is 4.83. The monoisotopic (exact) mass is 395 g/mol. The summed E-state index contributed by atoms with van der Waals surface area (Å²) in [5.41, 5.74) is -1.21. The number of H-pyrrole nitrogens is 1. The van der Waals surface area contributed by atoms with Gasteiger partial charge in [-0.25, -0.2) is 4.39 Å². The SMILES string of the molecule is CCCC(CCC)OC(=O)[C@@H]1C[C@H]2C[C@@](F)(CCc3nn[nH]n3)CC[C@H]2CN1. The number of piperidine rings is 1. The lowest BCUT2D eigenvalue weighted by Crippen LogP contribution is -2.52. The van der Waals surface area contributed by atoms with Crippen molar-refractivity contribution in [2.45, 2.75) is 95.9 Å². The summed E-state index contributed by atoms with van der Waals surface area (Å²) < 4.78 is 21.2. The molecule has 2 aliphatic rings. The molecule has 2 fully saturated rings. The molecule has 1 aromatic heterocycles. The molecule has 1 aliphatic heterocycles. The Balaban J connectivity index is 1.53. The van der Waals surface area contributed by atoms with Crippen molar-refractivity contribution in [2.24, 2.45) is 11.8 Å². The molecule has 28 heavy (non-hydrogen) atoms. The third kappa shape index (κ3) is 5.49. The van der Waals surface area contributed by atoms with Gasteiger partial charge in [-0.05, 0) is 63.3 Å². The maximum absolute atomic E-state index is 15.5. The third-order valence-electron chi connectivity index (χ3n) is 6.40. The Morgan fingerprint density at radius 3 is 2.79 bits per heavy atom. The topological polar surface area (TPSA) is 92.8 Å². The molecule has 8 heteroatoms. The molecule has 4 atom stereocenters. The first kappa shape index (κ1) is 21.1. The van der Waals surface area contributed by atoms with Crippen LogP contribution in [-0.4, -0.2) is 51.0 Å². The van der Waals surface area contributed by atoms with E-state index < -0.39 is 5.67 Å². The summed E-state index contributed by atoms with van der Waals surface area (Å²) in [6, 6.07) is -0.308. The summed E-state index contributed by atoms with van der Waals surface area (Å²) in [6.45, 7) is 4.99. The first-order valence-corrected chi connectivity index (χ1v) is 10.9. The number of tetrazole rings is 1. The molecule has 0 bridgehead atoms. The van der Waals surface area contributed by atoms with E-state index in [1.54, 1.807) is 0 Å². The van der Waals surface area contributed by atoms with Crippen LogP contribution in [0.25, 0.3) is 0 Å². The number of hydrogen-bond acceptors (Lipinski definition) is 6. The maximum atomic E-state index is 15.5. The number of esters is 1. The van der Waals surface area contributed by atoms with E-state index in [2.05, 4.69) is 39.8 Å². The lowest BCUT2D eigenvalue weighted by molar-refractivity contribution is -0.154. The van der Waals surface area contributed by atoms with Crippen LogP contribution in [0.1, 0.15) is 77.5 Å². The molecule has 2 N–H and O–H groups in total. The zero-order chi connectivity index (χ0) is 20.0. The van der Waals surface area contributed by atoms with Gasteiger partial charge in [0.15, 0.2) is 5.82 Å². The number of carbonyl (C=O) groups is 1. The zero-order valence-electron chi connectivity index (χ0n) is 17.1. The number of aromatic nitrogens is 4. The predicted molar refractivity (Wildman–Crippen MR) is 103 cm³/mol. The molecule has 0 spiro atoms. The van der Waals surface area contributed by atoms with Gasteiger partial charge in [-0.15, -0.1) is 10.2 Å². The first-order chi connectivity index (χ1) is 13.5. The van der Waals surface area contributed by atoms with Crippen LogP contribution in [0, 0.1) is 11.8 Å². The van der Waals surface area contributed by atoms with Gasteiger partial charge in [0.1, 0.15) is 17.8 Å². The van der Waals surface area contributed by atoms with Crippen molar-refractivity contribution in [1.29, 1.82) is 0 Å². The normalized spacial score (nSPS) is 30.2. The molecular formula is C20H34FN5O2. The molecular weight excluding hydrogens is 361 g/mol. The lowest BCUT2D eigenvalue weighted by atomic mass is 9.67. The Morgan fingerprint density at radius 1 is 1.32 bits per heavy atom. The third-order valence-corrected chi connectivity index (χ3v) is 6.40. The van der Waals surface area contributed by atoms with Crippen molar-refractivity contribution in [2.75, 3.05) is 6.54 Å². The van der Waals surface area contributed by atoms with Crippen LogP contribution in [-0.2, 0) is 16.0 Å². The predicted octanol–water partition coefficient (Wildman–Crippen LogP) is 3.13. The fourth-order valence-corrected chi connectivity index (χ4v) is 4.83. The van der Waals surface area contributed by atoms with Gasteiger partial charge in [-0.1, -0.05) is 31.9 Å². The second-order valence-corrected chi connectivity index (χ2v) is 8.57. The highest BCUT2D eigenvalue weighted by atomic mass is 19.1. The lowest BCUT2D eigenvalue weighted by Gasteiger charge is -2.44. The Labute approximate surface area is 166 Å². The molecule has 1 saturated heterocycles. The van der Waals surface area contributed by atoms with E-state index in [-0.39, 0.29) is 24.0 Å². The highest BCUT2D eigenvalue weighted by molar-refractivity contribution is 5.76. The number of rotatable bonds is 9. The second kappa shape index (κ2) is 9.76. The highest BCUT2D eigenvalue weighted by Gasteiger charge is 2.45. The molecule has 0 aromatic carbocycles. The molecule has 158 valence electrons. The van der Waals surface area contributed by atoms with E-state index in [4.69, 9.17) is 4.74 Å². The van der Waals surface area contributed by atoms with Crippen molar-refractivity contribution in [1.82, 2.24) is 25.9 Å². The van der Waals surface area contributed by atoms with Crippen LogP contribution >= 0.6 is 0 Å². The number of nitrogens with one attached hydrogen (secondary N) is 2. The average Bonchev–Trinajstić information content (AvgIpc) is 3.20. The Hall–Kier alpha value is -1.57. The minimum atomic E-state index is -1.21. The van der Waals surface area contributed by atoms with E-state index in [1.165, 1.54) is 0 Å². The summed E-state index contributed by atoms with van der Waals surface area (Å²) in [5, 5.41) is 17.2. The number of aryl methyl sites for hydroxylation is 1. The maximum Gasteiger partial charge on any atom is 0.323 e. The van der Waals surface area contributed by atoms with Gasteiger partial charge < -0.3 is 10.1 Å². The standard InChI is InChI=1S/C20H34FN5O2/c1-3-5-16(6-4-2)28-19(27)17-11-15-12-20(21,9-7-14(15)13-22-17)10-8-18-23-25-26-24-18/h14-17,22H,3-13H2,1-2H3,(H,23,24,25,26)/t14-,15-,17-,20-/m0/s1. The van der Waals surface area contributed by atoms with E-state index in [9.17, 15) is 4.79 Å². The molecule has 1 aromatic rings. The fraction of sp³-hybridized carbons (Fsp3) is 0.900. The van der Waals surface area contributed by atoms with Crippen molar-refractivity contribution >= 4 is 5.97 Å². The first-order valence-electron chi connectivity index (χ1n) is 10.9. The van der Waals surface area contributed by atoms with Crippen LogP contribution < -0.4 is 5.32 Å². The smallest absolute Gasteiger partial charge is 0.323 e. The van der Waals surface area contributed by atoms with E-state index in [0.29, 0.717) is 43.8 Å². The van der Waals surface area contributed by atoms with Crippen LogP contribution in [0.15, 0.2) is 0 Å². The van der Waals surface area contributed by atoms with Crippen LogP contribution in [0.2, 0.25) is 0 Å². The number of alkyl halides is 1. The van der Waals surface area contributed by atoms with Gasteiger partial charge in [0.2, 0.25) is 0 Å². The number of nitrogens with zero attached hydrogens (tertiary/aromatic N) is 3. The number of hydrogen-bond donors (Lipinski definition) is 2. The number of fused-ring (bicyclic) bond motifs is 1. The van der Waals surface area contributed by atoms with Crippen molar-refractivity contribution < 1.29 is 13.9 Å². The Morgan fingerprint density at radius 2 is 2.11 bits per heavy atom. The summed E-state index contributed by atoms with van der Waals surface area (Å²) in [5.74, 6) is 1.06. The summed E-state index contributed by atoms with van der Waals surface area (Å²) in [4.78, 5) is 12.7. The molecule has 0 radical (unpaired) electrons. The van der Waals surface area contributed by atoms with Crippen molar-refractivity contribution in [3.8, 4) is 0 Å². The highest BCUT2D eigenvalue weighted by Crippen LogP contribution is 2.44. The zero-order valence-corrected chi connectivity index (χ0v) is 17.1. The minimum absolute atomic E-state index is 0.00334. The molecule has 0 unspecified atom stereocenters. The van der Waals surface area contributed by atoms with E-state index >= 15 is 4.39 Å². The summed E-state index contributed by atoms with van der Waals surface area (Å²) >= 11 is 0. The molecule has 1 aliphatic carbocycles. The van der Waals surface area contributed by atoms with Crippen molar-refractivity contribution in [3.05, 3.63) is 5.82 Å². The van der Waals surface area contributed by atoms with Gasteiger partial charge in [-0.2, -0.15) is 5.21 Å². The quantitative estimate of drug-likeness (QED) is 0.624. The Bertz CT molecular complexity index is 608. The largest absolute Gasteiger partial charge is 0.461 e. The Kier molecular flexibility index (Phi) is 7.37. The molecule has 0 amide bonds. The molecule has 3 rings (SSSR count). The van der Waals surface area contributed by atoms with Crippen LogP contribution in [0.3, 0.4) is 0 Å². The van der Waals surface area contributed by atoms with Crippen LogP contribution in [0.4, 0.5) is 4.39 Å². The molecule has 2 heterocycles. The number of aromatic amines is 1. The number of ether oxygens (including phenoxy) is 1. The van der Waals surface area contributed by atoms with Gasteiger partial charge in [0.25, 0.3) is 0 Å². The van der Waals surface area contributed by atoms with E-state index in [1.807, 2.05) is 0 Å². The van der Waals surface area contributed by atoms with Crippen LogP contribution in [0.5, 0.6) is 0 Å². The van der Waals surface area contributed by atoms with Crippen molar-refractivity contribution in [3.63, 3.8) is 0 Å². The van der Waals surface area contributed by atoms with Gasteiger partial charge in [-0.3, -0.25) is 4.79 Å².